The van der Waals surface area contributed by atoms with Crippen molar-refractivity contribution in [1.29, 1.82) is 5.26 Å². The molecule has 0 aliphatic rings. The lowest BCUT2D eigenvalue weighted by atomic mass is 10.2. The van der Waals surface area contributed by atoms with Crippen LogP contribution in [0.5, 0.6) is 0 Å². The second-order valence-corrected chi connectivity index (χ2v) is 8.10. The number of allylic oxidation sites excluding steroid dienone is 1. The van der Waals surface area contributed by atoms with Gasteiger partial charge >= 0.3 is 5.97 Å². The lowest BCUT2D eigenvalue weighted by molar-refractivity contribution is -0.214. The van der Waals surface area contributed by atoms with E-state index in [0.29, 0.717) is 6.42 Å². The molecule has 0 aromatic rings. The molecule has 0 spiro atoms. The normalized spacial score (nSPS) is 12.1. The SMILES string of the molecule is CCC=C(C#N)C(=O)OO[Si](C)(C)C. The molecule has 14 heavy (non-hydrogen) atoms. The molecule has 0 unspecified atom stereocenters. The number of carbonyl (C=O) groups excluding carboxylic acids is 1. The maximum absolute atomic E-state index is 11.2. The van der Waals surface area contributed by atoms with Crippen LogP contribution in [0.4, 0.5) is 0 Å². The van der Waals surface area contributed by atoms with Gasteiger partial charge in [-0.25, -0.2) is 9.37 Å². The average molecular weight is 213 g/mol. The summed E-state index contributed by atoms with van der Waals surface area (Å²) in [5.41, 5.74) is -0.00856. The molecule has 0 heterocycles. The van der Waals surface area contributed by atoms with Crippen molar-refractivity contribution >= 4 is 14.3 Å². The van der Waals surface area contributed by atoms with Gasteiger partial charge in [0.25, 0.3) is 0 Å². The molecule has 0 radical (unpaired) electrons. The van der Waals surface area contributed by atoms with Crippen molar-refractivity contribution in [3.63, 3.8) is 0 Å². The summed E-state index contributed by atoms with van der Waals surface area (Å²) in [5.74, 6) is -0.711. The average Bonchev–Trinajstić information content (AvgIpc) is 2.09. The lowest BCUT2D eigenvalue weighted by Gasteiger charge is -2.13. The maximum atomic E-state index is 11.2. The zero-order valence-corrected chi connectivity index (χ0v) is 9.96. The number of nitrogens with zero attached hydrogens (tertiary/aromatic N) is 1. The van der Waals surface area contributed by atoms with Crippen LogP contribution in [-0.2, 0) is 14.3 Å². The van der Waals surface area contributed by atoms with Gasteiger partial charge in [-0.1, -0.05) is 13.0 Å². The molecule has 0 N–H and O–H groups in total. The molecule has 0 rings (SSSR count). The van der Waals surface area contributed by atoms with E-state index in [2.05, 4.69) is 4.89 Å². The zero-order valence-electron chi connectivity index (χ0n) is 8.96. The quantitative estimate of drug-likeness (QED) is 0.236. The van der Waals surface area contributed by atoms with E-state index in [-0.39, 0.29) is 5.57 Å². The van der Waals surface area contributed by atoms with Crippen molar-refractivity contribution < 1.29 is 14.3 Å². The molecular formula is C9H15NO3Si. The summed E-state index contributed by atoms with van der Waals surface area (Å²) >= 11 is 0. The second kappa shape index (κ2) is 5.57. The molecule has 0 aromatic carbocycles. The van der Waals surface area contributed by atoms with E-state index in [1.807, 2.05) is 26.6 Å². The molecule has 5 heteroatoms. The van der Waals surface area contributed by atoms with Crippen LogP contribution in [-0.4, -0.2) is 14.3 Å². The van der Waals surface area contributed by atoms with E-state index in [0.717, 1.165) is 0 Å². The largest absolute Gasteiger partial charge is 0.381 e. The van der Waals surface area contributed by atoms with Gasteiger partial charge in [0.15, 0.2) is 0 Å². The summed E-state index contributed by atoms with van der Waals surface area (Å²) in [6.07, 6.45) is 2.13. The summed E-state index contributed by atoms with van der Waals surface area (Å²) in [7, 11) is -1.88. The molecule has 0 bridgehead atoms. The van der Waals surface area contributed by atoms with Gasteiger partial charge in [-0.15, -0.1) is 0 Å². The third-order valence-corrected chi connectivity index (χ3v) is 1.70. The summed E-state index contributed by atoms with van der Waals surface area (Å²) in [4.78, 5) is 15.7. The Balaban J connectivity index is 4.22. The smallest absolute Gasteiger partial charge is 0.304 e. The van der Waals surface area contributed by atoms with E-state index < -0.39 is 14.3 Å². The van der Waals surface area contributed by atoms with Crippen LogP contribution < -0.4 is 0 Å². The Bertz CT molecular complexity index is 273. The molecule has 0 fully saturated rings. The Morgan fingerprint density at radius 1 is 1.50 bits per heavy atom. The van der Waals surface area contributed by atoms with Crippen LogP contribution in [0, 0.1) is 11.3 Å². The second-order valence-electron chi connectivity index (χ2n) is 3.70. The van der Waals surface area contributed by atoms with Gasteiger partial charge < -0.3 is 4.89 Å². The first-order valence-corrected chi connectivity index (χ1v) is 7.81. The molecule has 78 valence electrons. The summed E-state index contributed by atoms with van der Waals surface area (Å²) in [6, 6.07) is 1.76. The summed E-state index contributed by atoms with van der Waals surface area (Å²) < 4.78 is 4.92. The van der Waals surface area contributed by atoms with Gasteiger partial charge in [-0.05, 0) is 26.1 Å². The monoisotopic (exact) mass is 213 g/mol. The number of carbonyl (C=O) groups is 1. The van der Waals surface area contributed by atoms with Gasteiger partial charge in [0.05, 0.1) is 0 Å². The lowest BCUT2D eigenvalue weighted by Crippen LogP contribution is -2.27. The number of hydrogen-bond donors (Lipinski definition) is 0. The van der Waals surface area contributed by atoms with Gasteiger partial charge in [0.1, 0.15) is 11.6 Å². The molecule has 0 aromatic heterocycles. The molecular weight excluding hydrogens is 198 g/mol. The first kappa shape index (κ1) is 12.9. The zero-order chi connectivity index (χ0) is 11.2. The highest BCUT2D eigenvalue weighted by molar-refractivity contribution is 6.69. The Morgan fingerprint density at radius 3 is 2.43 bits per heavy atom. The molecule has 0 saturated heterocycles. The van der Waals surface area contributed by atoms with Gasteiger partial charge in [-0.2, -0.15) is 5.26 Å². The van der Waals surface area contributed by atoms with Crippen molar-refractivity contribution in [3.8, 4) is 6.07 Å². The highest BCUT2D eigenvalue weighted by Crippen LogP contribution is 2.06. The minimum atomic E-state index is -1.88. The minimum absolute atomic E-state index is 0.00856. The topological polar surface area (TPSA) is 59.3 Å². The first-order valence-electron chi connectivity index (χ1n) is 4.41. The third kappa shape index (κ3) is 5.51. The number of hydrogen-bond acceptors (Lipinski definition) is 4. The number of nitriles is 1. The predicted octanol–water partition coefficient (Wildman–Crippen LogP) is 2.16. The molecule has 0 amide bonds. The van der Waals surface area contributed by atoms with Gasteiger partial charge in [-0.3, -0.25) is 0 Å². The fraction of sp³-hybridized carbons (Fsp3) is 0.556. The van der Waals surface area contributed by atoms with Crippen LogP contribution in [0.15, 0.2) is 11.6 Å². The van der Waals surface area contributed by atoms with Gasteiger partial charge in [0, 0.05) is 0 Å². The van der Waals surface area contributed by atoms with Crippen molar-refractivity contribution in [2.45, 2.75) is 33.0 Å². The Labute approximate surface area is 85.2 Å². The fourth-order valence-corrected chi connectivity index (χ4v) is 0.912. The van der Waals surface area contributed by atoms with Crippen molar-refractivity contribution in [2.75, 3.05) is 0 Å². The van der Waals surface area contributed by atoms with Crippen LogP contribution in [0.2, 0.25) is 19.6 Å². The third-order valence-electron chi connectivity index (χ3n) is 1.12. The Hall–Kier alpha value is -1.12. The van der Waals surface area contributed by atoms with Gasteiger partial charge in [0.2, 0.25) is 8.32 Å². The van der Waals surface area contributed by atoms with E-state index in [1.54, 1.807) is 6.07 Å². The Morgan fingerprint density at radius 2 is 2.07 bits per heavy atom. The fourth-order valence-electron chi connectivity index (χ4n) is 0.586. The van der Waals surface area contributed by atoms with Crippen LogP contribution in [0.3, 0.4) is 0 Å². The molecule has 0 atom stereocenters. The van der Waals surface area contributed by atoms with Crippen LogP contribution in [0.25, 0.3) is 0 Å². The first-order chi connectivity index (χ1) is 6.40. The van der Waals surface area contributed by atoms with E-state index >= 15 is 0 Å². The van der Waals surface area contributed by atoms with Crippen molar-refractivity contribution in [3.05, 3.63) is 11.6 Å². The van der Waals surface area contributed by atoms with E-state index in [9.17, 15) is 4.79 Å². The maximum Gasteiger partial charge on any atom is 0.381 e. The molecule has 0 saturated carbocycles. The van der Waals surface area contributed by atoms with Crippen LogP contribution in [0.1, 0.15) is 13.3 Å². The van der Waals surface area contributed by atoms with E-state index in [1.165, 1.54) is 6.08 Å². The summed E-state index contributed by atoms with van der Waals surface area (Å²) in [6.45, 7) is 7.49. The minimum Gasteiger partial charge on any atom is -0.304 e. The highest BCUT2D eigenvalue weighted by atomic mass is 28.4. The van der Waals surface area contributed by atoms with Crippen molar-refractivity contribution in [2.24, 2.45) is 0 Å². The standard InChI is InChI=1S/C9H15NO3Si/c1-5-6-8(7-10)9(11)12-13-14(2,3)4/h6H,5H2,1-4H3. The van der Waals surface area contributed by atoms with Crippen LogP contribution >= 0.6 is 0 Å². The molecule has 0 aliphatic heterocycles. The summed E-state index contributed by atoms with van der Waals surface area (Å²) in [5, 5.41) is 8.59. The van der Waals surface area contributed by atoms with Crippen molar-refractivity contribution in [1.82, 2.24) is 0 Å². The Kier molecular flexibility index (Phi) is 5.13. The molecule has 4 nitrogen and oxygen atoms in total. The van der Waals surface area contributed by atoms with E-state index in [4.69, 9.17) is 9.84 Å². The number of rotatable bonds is 4. The molecule has 0 aliphatic carbocycles. The highest BCUT2D eigenvalue weighted by Gasteiger charge is 2.20. The predicted molar refractivity (Wildman–Crippen MR) is 54.5 cm³/mol.